The fraction of sp³-hybridized carbons (Fsp3) is 0.500. The fourth-order valence-electron chi connectivity index (χ4n) is 4.67. The van der Waals surface area contributed by atoms with Crippen LogP contribution in [-0.2, 0) is 24.3 Å². The first kappa shape index (κ1) is 31.6. The van der Waals surface area contributed by atoms with Gasteiger partial charge < -0.3 is 19.5 Å². The summed E-state index contributed by atoms with van der Waals surface area (Å²) < 4.78 is 20.9. The number of nitrogens with one attached hydrogen (secondary N) is 2. The lowest BCUT2D eigenvalue weighted by molar-refractivity contribution is 0.193. The van der Waals surface area contributed by atoms with Crippen molar-refractivity contribution in [1.29, 1.82) is 0 Å². The van der Waals surface area contributed by atoms with Crippen LogP contribution in [0, 0.1) is 5.41 Å². The summed E-state index contributed by atoms with van der Waals surface area (Å²) in [4.78, 5) is 16.0. The quantitative estimate of drug-likeness (QED) is 0.251. The molecule has 2 N–H and O–H groups in total. The molecule has 0 radical (unpaired) electrons. The molecule has 1 aromatic carbocycles. The maximum Gasteiger partial charge on any atom is 0.153 e. The topological polar surface area (TPSA) is 98.3 Å². The van der Waals surface area contributed by atoms with Gasteiger partial charge in [-0.05, 0) is 75.3 Å². The highest BCUT2D eigenvalue weighted by atomic mass is 35.5. The predicted molar refractivity (Wildman–Crippen MR) is 169 cm³/mol. The molecule has 222 valence electrons. The number of aromatic nitrogens is 3. The van der Waals surface area contributed by atoms with Gasteiger partial charge in [-0.25, -0.2) is 9.97 Å². The van der Waals surface area contributed by atoms with Crippen LogP contribution in [0.3, 0.4) is 0 Å². The van der Waals surface area contributed by atoms with Crippen molar-refractivity contribution in [3.8, 4) is 5.75 Å². The lowest BCUT2D eigenvalue weighted by Gasteiger charge is -2.44. The highest BCUT2D eigenvalue weighted by Crippen LogP contribution is 2.37. The summed E-state index contributed by atoms with van der Waals surface area (Å²) in [5, 5.41) is 4.21. The van der Waals surface area contributed by atoms with E-state index in [1.54, 1.807) is 19.5 Å². The number of halogens is 2. The van der Waals surface area contributed by atoms with Crippen molar-refractivity contribution in [1.82, 2.24) is 19.7 Å². The molecule has 0 aliphatic carbocycles. The van der Waals surface area contributed by atoms with E-state index < -0.39 is 11.4 Å². The highest BCUT2D eigenvalue weighted by Gasteiger charge is 2.39. The first-order valence-corrected chi connectivity index (χ1v) is 15.7. The van der Waals surface area contributed by atoms with Crippen LogP contribution in [0.25, 0.3) is 0 Å². The van der Waals surface area contributed by atoms with E-state index in [0.29, 0.717) is 34.7 Å². The molecule has 3 heterocycles. The molecule has 41 heavy (non-hydrogen) atoms. The number of nitrogens with zero attached hydrogens (tertiary/aromatic N) is 4. The Morgan fingerprint density at radius 2 is 1.80 bits per heavy atom. The smallest absolute Gasteiger partial charge is 0.153 e. The minimum Gasteiger partial charge on any atom is -0.598 e. The molecule has 3 aromatic rings. The largest absolute Gasteiger partial charge is 0.598 e. The zero-order valence-electron chi connectivity index (χ0n) is 24.6. The van der Waals surface area contributed by atoms with E-state index in [2.05, 4.69) is 43.7 Å². The van der Waals surface area contributed by atoms with E-state index in [0.717, 1.165) is 48.6 Å². The number of methoxy groups -OCH3 is 1. The third-order valence-corrected chi connectivity index (χ3v) is 10.3. The van der Waals surface area contributed by atoms with Crippen LogP contribution in [0.2, 0.25) is 10.2 Å². The zero-order chi connectivity index (χ0) is 29.8. The second-order valence-electron chi connectivity index (χ2n) is 11.8. The molecule has 1 saturated heterocycles. The molecule has 8 nitrogen and oxygen atoms in total. The lowest BCUT2D eigenvalue weighted by Crippen LogP contribution is -2.53. The summed E-state index contributed by atoms with van der Waals surface area (Å²) >= 11 is 12.2. The molecule has 2 aromatic heterocycles. The second kappa shape index (κ2) is 13.3. The van der Waals surface area contributed by atoms with Crippen molar-refractivity contribution in [2.75, 3.05) is 30.4 Å². The molecule has 1 aliphatic heterocycles. The lowest BCUT2D eigenvalue weighted by atomic mass is 9.75. The Hall–Kier alpha value is -2.30. The summed E-state index contributed by atoms with van der Waals surface area (Å²) in [5.74, 6) is 2.18. The molecule has 2 atom stereocenters. The third-order valence-electron chi connectivity index (χ3n) is 7.85. The summed E-state index contributed by atoms with van der Waals surface area (Å²) in [6.45, 7) is 12.6. The van der Waals surface area contributed by atoms with Gasteiger partial charge in [-0.1, -0.05) is 42.3 Å². The number of pyridine rings is 1. The van der Waals surface area contributed by atoms with Gasteiger partial charge in [0.15, 0.2) is 5.15 Å². The van der Waals surface area contributed by atoms with E-state index in [4.69, 9.17) is 27.9 Å². The molecular weight excluding hydrogens is 579 g/mol. The third kappa shape index (κ3) is 7.96. The first-order chi connectivity index (χ1) is 19.4. The van der Waals surface area contributed by atoms with Crippen molar-refractivity contribution in [3.63, 3.8) is 0 Å². The van der Waals surface area contributed by atoms with Crippen LogP contribution in [0.1, 0.15) is 64.3 Å². The van der Waals surface area contributed by atoms with Gasteiger partial charge in [0, 0.05) is 43.6 Å². The van der Waals surface area contributed by atoms with Crippen LogP contribution in [0.4, 0.5) is 11.6 Å². The maximum atomic E-state index is 12.6. The van der Waals surface area contributed by atoms with Crippen LogP contribution >= 0.6 is 23.2 Å². The molecule has 0 saturated carbocycles. The Bertz CT molecular complexity index is 1310. The number of ether oxygens (including phenoxy) is 1. The standard InChI is InChI=1S/C30H40Cl2N6O2S/c1-20(37-41(39)29(2,3)4)30(5)12-15-38(16-13-30)25-19-34-24(27(32)36-25)17-22-11-14-33-28(26(22)31)35-18-21-7-9-23(40-6)10-8-21/h7-11,14,19-20,37H,12-13,15-18H2,1-6H3,(H,33,35). The number of hydrogen-bond acceptors (Lipinski definition) is 8. The Balaban J connectivity index is 1.37. The molecular formula is C30H40Cl2N6O2S. The maximum absolute atomic E-state index is 12.6. The van der Waals surface area contributed by atoms with E-state index in [1.165, 1.54) is 0 Å². The van der Waals surface area contributed by atoms with Gasteiger partial charge in [0.2, 0.25) is 0 Å². The van der Waals surface area contributed by atoms with E-state index in [1.807, 2.05) is 51.1 Å². The Morgan fingerprint density at radius 3 is 2.41 bits per heavy atom. The monoisotopic (exact) mass is 618 g/mol. The van der Waals surface area contributed by atoms with Gasteiger partial charge in [0.25, 0.3) is 0 Å². The van der Waals surface area contributed by atoms with Gasteiger partial charge in [0.1, 0.15) is 22.1 Å². The summed E-state index contributed by atoms with van der Waals surface area (Å²) in [7, 11) is 1.65. The normalized spacial score (nSPS) is 16.8. The molecule has 0 amide bonds. The number of rotatable bonds is 10. The average molecular weight is 620 g/mol. The SMILES string of the molecule is COc1ccc(CNc2nccc(Cc3ncc(N4CCC(C)(C(C)N[S+]([O-])C(C)(C)C)CC4)nc3Cl)c2Cl)cc1. The van der Waals surface area contributed by atoms with Crippen molar-refractivity contribution >= 4 is 46.2 Å². The van der Waals surface area contributed by atoms with Crippen molar-refractivity contribution in [2.45, 2.75) is 71.2 Å². The molecule has 11 heteroatoms. The van der Waals surface area contributed by atoms with Gasteiger partial charge in [-0.3, -0.25) is 4.98 Å². The second-order valence-corrected chi connectivity index (χ2v) is 14.6. The molecule has 0 bridgehead atoms. The number of anilines is 2. The fourth-order valence-corrected chi connectivity index (χ4v) is 6.07. The zero-order valence-corrected chi connectivity index (χ0v) is 27.0. The van der Waals surface area contributed by atoms with Crippen LogP contribution < -0.4 is 19.7 Å². The molecule has 0 spiro atoms. The van der Waals surface area contributed by atoms with Crippen molar-refractivity contribution < 1.29 is 9.29 Å². The molecule has 1 fully saturated rings. The van der Waals surface area contributed by atoms with Crippen molar-refractivity contribution in [3.05, 3.63) is 69.7 Å². The minimum absolute atomic E-state index is 0.0335. The highest BCUT2D eigenvalue weighted by molar-refractivity contribution is 7.90. The van der Waals surface area contributed by atoms with Crippen molar-refractivity contribution in [2.24, 2.45) is 5.41 Å². The minimum atomic E-state index is -1.10. The summed E-state index contributed by atoms with van der Waals surface area (Å²) in [5.41, 5.74) is 2.65. The number of benzene rings is 1. The van der Waals surface area contributed by atoms with Gasteiger partial charge in [-0.15, -0.1) is 4.72 Å². The van der Waals surface area contributed by atoms with E-state index in [9.17, 15) is 4.55 Å². The summed E-state index contributed by atoms with van der Waals surface area (Å²) in [6.07, 6.45) is 5.85. The number of piperidine rings is 1. The number of hydrogen-bond donors (Lipinski definition) is 2. The Labute approximate surface area is 256 Å². The predicted octanol–water partition coefficient (Wildman–Crippen LogP) is 6.44. The van der Waals surface area contributed by atoms with Crippen LogP contribution in [-0.4, -0.2) is 50.5 Å². The van der Waals surface area contributed by atoms with Crippen LogP contribution in [0.5, 0.6) is 5.75 Å². The molecule has 2 unspecified atom stereocenters. The first-order valence-electron chi connectivity index (χ1n) is 13.8. The Morgan fingerprint density at radius 1 is 1.12 bits per heavy atom. The van der Waals surface area contributed by atoms with Gasteiger partial charge in [-0.2, -0.15) is 0 Å². The van der Waals surface area contributed by atoms with E-state index in [-0.39, 0.29) is 16.2 Å². The van der Waals surface area contributed by atoms with E-state index >= 15 is 0 Å². The van der Waals surface area contributed by atoms with Gasteiger partial charge in [0.05, 0.1) is 30.1 Å². The molecule has 4 rings (SSSR count). The van der Waals surface area contributed by atoms with Crippen LogP contribution in [0.15, 0.2) is 42.7 Å². The van der Waals surface area contributed by atoms with Gasteiger partial charge >= 0.3 is 0 Å². The summed E-state index contributed by atoms with van der Waals surface area (Å²) in [6, 6.07) is 9.84. The Kier molecular flexibility index (Phi) is 10.3. The molecule has 1 aliphatic rings. The average Bonchev–Trinajstić information content (AvgIpc) is 2.94.